The van der Waals surface area contributed by atoms with Crippen molar-refractivity contribution in [2.75, 3.05) is 12.4 Å². The second kappa shape index (κ2) is 7.75. The Kier molecular flexibility index (Phi) is 6.63. The Morgan fingerprint density at radius 2 is 1.94 bits per heavy atom. The van der Waals surface area contributed by atoms with Gasteiger partial charge < -0.3 is 10.4 Å². The van der Waals surface area contributed by atoms with Crippen LogP contribution in [-0.4, -0.2) is 23.5 Å². The third-order valence-electron chi connectivity index (χ3n) is 2.51. The molecule has 2 N–H and O–H groups in total. The highest BCUT2D eigenvalue weighted by atomic mass is 32.2. The molecule has 0 bridgehead atoms. The van der Waals surface area contributed by atoms with E-state index < -0.39 is 0 Å². The maximum atomic E-state index is 9.03. The van der Waals surface area contributed by atoms with Gasteiger partial charge in [-0.25, -0.2) is 0 Å². The van der Waals surface area contributed by atoms with Gasteiger partial charge in [0.25, 0.3) is 0 Å². The van der Waals surface area contributed by atoms with Crippen LogP contribution in [0, 0.1) is 5.92 Å². The highest BCUT2D eigenvalue weighted by Crippen LogP contribution is 2.24. The molecule has 0 aromatic heterocycles. The maximum Gasteiger partial charge on any atom is 0.0464 e. The van der Waals surface area contributed by atoms with Crippen LogP contribution in [0.3, 0.4) is 0 Å². The van der Waals surface area contributed by atoms with Crippen LogP contribution in [0.25, 0.3) is 0 Å². The number of aliphatic hydroxyl groups is 1. The van der Waals surface area contributed by atoms with Crippen molar-refractivity contribution in [3.8, 4) is 0 Å². The lowest BCUT2D eigenvalue weighted by Gasteiger charge is -2.13. The van der Waals surface area contributed by atoms with E-state index in [0.717, 1.165) is 12.3 Å². The summed E-state index contributed by atoms with van der Waals surface area (Å²) in [6.07, 6.45) is 0. The molecule has 0 aliphatic rings. The van der Waals surface area contributed by atoms with E-state index in [1.165, 1.54) is 10.5 Å². The maximum absolute atomic E-state index is 9.03. The van der Waals surface area contributed by atoms with Crippen molar-refractivity contribution < 1.29 is 5.11 Å². The summed E-state index contributed by atoms with van der Waals surface area (Å²) in [6.45, 7) is 7.56. The molecule has 0 amide bonds. The summed E-state index contributed by atoms with van der Waals surface area (Å²) in [7, 11) is 0. The molecular formula is C14H23NOS. The molecule has 0 radical (unpaired) electrons. The molecule has 0 fully saturated rings. The van der Waals surface area contributed by atoms with Gasteiger partial charge in [-0.15, -0.1) is 11.8 Å². The van der Waals surface area contributed by atoms with Crippen molar-refractivity contribution in [3.05, 3.63) is 29.8 Å². The highest BCUT2D eigenvalue weighted by Gasteiger charge is 2.06. The van der Waals surface area contributed by atoms with Crippen LogP contribution in [0.1, 0.15) is 26.3 Å². The number of aliphatic hydroxyl groups excluding tert-OH is 1. The SMILES string of the molecule is CC(CO)CSc1ccccc1CNC(C)C. The summed E-state index contributed by atoms with van der Waals surface area (Å²) in [6, 6.07) is 8.99. The molecular weight excluding hydrogens is 230 g/mol. The first-order valence-electron chi connectivity index (χ1n) is 6.18. The van der Waals surface area contributed by atoms with Gasteiger partial charge in [-0.3, -0.25) is 0 Å². The summed E-state index contributed by atoms with van der Waals surface area (Å²) < 4.78 is 0. The molecule has 0 aliphatic heterocycles. The Hall–Kier alpha value is -0.510. The number of benzene rings is 1. The van der Waals surface area contributed by atoms with Crippen molar-refractivity contribution >= 4 is 11.8 Å². The molecule has 1 aromatic carbocycles. The molecule has 0 saturated heterocycles. The molecule has 17 heavy (non-hydrogen) atoms. The van der Waals surface area contributed by atoms with Crippen LogP contribution in [0.4, 0.5) is 0 Å². The Balaban J connectivity index is 2.57. The van der Waals surface area contributed by atoms with Crippen molar-refractivity contribution in [1.29, 1.82) is 0 Å². The molecule has 1 rings (SSSR count). The first kappa shape index (κ1) is 14.6. The second-order valence-electron chi connectivity index (χ2n) is 4.74. The predicted molar refractivity (Wildman–Crippen MR) is 75.4 cm³/mol. The van der Waals surface area contributed by atoms with Crippen molar-refractivity contribution in [1.82, 2.24) is 5.32 Å². The van der Waals surface area contributed by atoms with Gasteiger partial charge in [0.05, 0.1) is 0 Å². The Morgan fingerprint density at radius 1 is 1.24 bits per heavy atom. The molecule has 2 nitrogen and oxygen atoms in total. The number of hydrogen-bond donors (Lipinski definition) is 2. The van der Waals surface area contributed by atoms with Crippen molar-refractivity contribution in [2.24, 2.45) is 5.92 Å². The standard InChI is InChI=1S/C14H23NOS/c1-11(2)15-8-13-6-4-5-7-14(13)17-10-12(3)9-16/h4-7,11-12,15-16H,8-10H2,1-3H3. The van der Waals surface area contributed by atoms with Crippen LogP contribution in [0.2, 0.25) is 0 Å². The zero-order valence-corrected chi connectivity index (χ0v) is 11.8. The number of nitrogens with one attached hydrogen (secondary N) is 1. The van der Waals surface area contributed by atoms with E-state index in [1.54, 1.807) is 0 Å². The van der Waals surface area contributed by atoms with Gasteiger partial charge in [-0.05, 0) is 17.5 Å². The monoisotopic (exact) mass is 253 g/mol. The minimum atomic E-state index is 0.263. The summed E-state index contributed by atoms with van der Waals surface area (Å²) in [5, 5.41) is 12.5. The zero-order chi connectivity index (χ0) is 12.7. The van der Waals surface area contributed by atoms with Crippen LogP contribution in [0.15, 0.2) is 29.2 Å². The zero-order valence-electron chi connectivity index (χ0n) is 10.9. The van der Waals surface area contributed by atoms with E-state index in [4.69, 9.17) is 5.11 Å². The van der Waals surface area contributed by atoms with Gasteiger partial charge >= 0.3 is 0 Å². The smallest absolute Gasteiger partial charge is 0.0464 e. The minimum Gasteiger partial charge on any atom is -0.396 e. The second-order valence-corrected chi connectivity index (χ2v) is 5.80. The van der Waals surface area contributed by atoms with Gasteiger partial charge in [0.2, 0.25) is 0 Å². The normalized spacial score (nSPS) is 13.0. The van der Waals surface area contributed by atoms with Gasteiger partial charge in [0.1, 0.15) is 0 Å². The average Bonchev–Trinajstić information content (AvgIpc) is 2.34. The first-order chi connectivity index (χ1) is 8.13. The number of hydrogen-bond acceptors (Lipinski definition) is 3. The molecule has 1 atom stereocenters. The lowest BCUT2D eigenvalue weighted by Crippen LogP contribution is -2.22. The van der Waals surface area contributed by atoms with Gasteiger partial charge in [-0.2, -0.15) is 0 Å². The minimum absolute atomic E-state index is 0.263. The average molecular weight is 253 g/mol. The molecule has 1 unspecified atom stereocenters. The molecule has 0 saturated carbocycles. The Labute approximate surface area is 109 Å². The van der Waals surface area contributed by atoms with Crippen LogP contribution >= 0.6 is 11.8 Å². The summed E-state index contributed by atoms with van der Waals surface area (Å²) in [4.78, 5) is 1.32. The molecule has 3 heteroatoms. The summed E-state index contributed by atoms with van der Waals surface area (Å²) >= 11 is 1.83. The van der Waals surface area contributed by atoms with E-state index >= 15 is 0 Å². The largest absolute Gasteiger partial charge is 0.396 e. The lowest BCUT2D eigenvalue weighted by molar-refractivity contribution is 0.250. The first-order valence-corrected chi connectivity index (χ1v) is 7.17. The fraction of sp³-hybridized carbons (Fsp3) is 0.571. The Morgan fingerprint density at radius 3 is 2.59 bits per heavy atom. The number of rotatable bonds is 7. The quantitative estimate of drug-likeness (QED) is 0.733. The van der Waals surface area contributed by atoms with E-state index in [9.17, 15) is 0 Å². The van der Waals surface area contributed by atoms with E-state index in [2.05, 4.69) is 50.4 Å². The summed E-state index contributed by atoms with van der Waals surface area (Å²) in [5.74, 6) is 1.32. The predicted octanol–water partition coefficient (Wildman–Crippen LogP) is 2.91. The summed E-state index contributed by atoms with van der Waals surface area (Å²) in [5.41, 5.74) is 1.34. The third-order valence-corrected chi connectivity index (χ3v) is 3.95. The van der Waals surface area contributed by atoms with E-state index in [-0.39, 0.29) is 6.61 Å². The highest BCUT2D eigenvalue weighted by molar-refractivity contribution is 7.99. The molecule has 96 valence electrons. The van der Waals surface area contributed by atoms with Crippen molar-refractivity contribution in [2.45, 2.75) is 38.3 Å². The molecule has 0 aliphatic carbocycles. The van der Waals surface area contributed by atoms with E-state index in [0.29, 0.717) is 12.0 Å². The third kappa shape index (κ3) is 5.57. The fourth-order valence-electron chi connectivity index (χ4n) is 1.39. The van der Waals surface area contributed by atoms with Gasteiger partial charge in [-0.1, -0.05) is 39.0 Å². The van der Waals surface area contributed by atoms with E-state index in [1.807, 2.05) is 11.8 Å². The van der Waals surface area contributed by atoms with Gasteiger partial charge in [0.15, 0.2) is 0 Å². The molecule has 0 heterocycles. The Bertz CT molecular complexity index is 328. The topological polar surface area (TPSA) is 32.3 Å². The van der Waals surface area contributed by atoms with Crippen LogP contribution < -0.4 is 5.32 Å². The van der Waals surface area contributed by atoms with Crippen LogP contribution in [0.5, 0.6) is 0 Å². The molecule has 0 spiro atoms. The molecule has 1 aromatic rings. The van der Waals surface area contributed by atoms with Crippen molar-refractivity contribution in [3.63, 3.8) is 0 Å². The number of thioether (sulfide) groups is 1. The lowest BCUT2D eigenvalue weighted by atomic mass is 10.2. The van der Waals surface area contributed by atoms with Gasteiger partial charge in [0, 0.05) is 29.8 Å². The fourth-order valence-corrected chi connectivity index (χ4v) is 2.46. The van der Waals surface area contributed by atoms with Crippen LogP contribution in [-0.2, 0) is 6.54 Å².